The van der Waals surface area contributed by atoms with Crippen LogP contribution in [0.3, 0.4) is 0 Å². The summed E-state index contributed by atoms with van der Waals surface area (Å²) in [7, 11) is 3.52. The molecule has 0 atom stereocenters. The molecule has 0 saturated carbocycles. The SMILES string of the molecule is C=C(CNC)COc1ccc(OC)cc1Br. The second-order valence-corrected chi connectivity index (χ2v) is 4.22. The standard InChI is InChI=1S/C12H16BrNO2/c1-9(7-14-2)8-16-12-5-4-10(15-3)6-11(12)13/h4-6,14H,1,7-8H2,2-3H3. The largest absolute Gasteiger partial charge is 0.497 e. The van der Waals surface area contributed by atoms with Gasteiger partial charge >= 0.3 is 0 Å². The first-order valence-corrected chi connectivity index (χ1v) is 5.74. The number of halogens is 1. The highest BCUT2D eigenvalue weighted by Gasteiger charge is 2.03. The van der Waals surface area contributed by atoms with Gasteiger partial charge in [0, 0.05) is 6.54 Å². The van der Waals surface area contributed by atoms with Crippen LogP contribution in [0.15, 0.2) is 34.8 Å². The Morgan fingerprint density at radius 3 is 2.81 bits per heavy atom. The third-order valence-corrected chi connectivity index (χ3v) is 2.62. The van der Waals surface area contributed by atoms with Crippen LogP contribution < -0.4 is 14.8 Å². The lowest BCUT2D eigenvalue weighted by molar-refractivity contribution is 0.345. The van der Waals surface area contributed by atoms with E-state index < -0.39 is 0 Å². The van der Waals surface area contributed by atoms with Crippen LogP contribution in [0.1, 0.15) is 0 Å². The molecule has 0 aromatic heterocycles. The van der Waals surface area contributed by atoms with Gasteiger partial charge in [-0.2, -0.15) is 0 Å². The fourth-order valence-corrected chi connectivity index (χ4v) is 1.68. The molecule has 16 heavy (non-hydrogen) atoms. The molecule has 0 radical (unpaired) electrons. The first-order valence-electron chi connectivity index (χ1n) is 4.95. The molecule has 4 heteroatoms. The van der Waals surface area contributed by atoms with E-state index in [0.717, 1.165) is 28.1 Å². The maximum atomic E-state index is 5.61. The highest BCUT2D eigenvalue weighted by atomic mass is 79.9. The van der Waals surface area contributed by atoms with E-state index in [1.54, 1.807) is 7.11 Å². The van der Waals surface area contributed by atoms with Gasteiger partial charge in [-0.05, 0) is 46.7 Å². The summed E-state index contributed by atoms with van der Waals surface area (Å²) < 4.78 is 11.6. The number of ether oxygens (including phenoxy) is 2. The predicted molar refractivity (Wildman–Crippen MR) is 69.3 cm³/mol. The second kappa shape index (κ2) is 6.55. The maximum absolute atomic E-state index is 5.61. The molecule has 1 aromatic rings. The fraction of sp³-hybridized carbons (Fsp3) is 0.333. The van der Waals surface area contributed by atoms with E-state index in [1.165, 1.54) is 0 Å². The number of methoxy groups -OCH3 is 1. The van der Waals surface area contributed by atoms with Gasteiger partial charge in [0.15, 0.2) is 0 Å². The Bertz CT molecular complexity index is 366. The zero-order chi connectivity index (χ0) is 12.0. The van der Waals surface area contributed by atoms with Crippen LogP contribution in [0, 0.1) is 0 Å². The number of benzene rings is 1. The van der Waals surface area contributed by atoms with Gasteiger partial charge in [-0.25, -0.2) is 0 Å². The summed E-state index contributed by atoms with van der Waals surface area (Å²) >= 11 is 3.43. The van der Waals surface area contributed by atoms with Crippen molar-refractivity contribution in [1.29, 1.82) is 0 Å². The molecule has 0 aliphatic carbocycles. The lowest BCUT2D eigenvalue weighted by Crippen LogP contribution is -2.14. The van der Waals surface area contributed by atoms with Crippen LogP contribution in [0.5, 0.6) is 11.5 Å². The van der Waals surface area contributed by atoms with Gasteiger partial charge < -0.3 is 14.8 Å². The molecule has 0 bridgehead atoms. The second-order valence-electron chi connectivity index (χ2n) is 3.37. The number of rotatable bonds is 6. The van der Waals surface area contributed by atoms with E-state index in [1.807, 2.05) is 25.2 Å². The smallest absolute Gasteiger partial charge is 0.134 e. The molecule has 0 spiro atoms. The molecule has 88 valence electrons. The van der Waals surface area contributed by atoms with E-state index >= 15 is 0 Å². The van der Waals surface area contributed by atoms with Crippen molar-refractivity contribution in [2.45, 2.75) is 0 Å². The van der Waals surface area contributed by atoms with Crippen LogP contribution in [-0.4, -0.2) is 27.3 Å². The van der Waals surface area contributed by atoms with Crippen LogP contribution in [0.2, 0.25) is 0 Å². The molecule has 0 aliphatic rings. The van der Waals surface area contributed by atoms with Crippen molar-refractivity contribution < 1.29 is 9.47 Å². The zero-order valence-corrected chi connectivity index (χ0v) is 11.1. The normalized spacial score (nSPS) is 9.94. The first kappa shape index (κ1) is 13.1. The van der Waals surface area contributed by atoms with Crippen LogP contribution in [0.25, 0.3) is 0 Å². The molecule has 0 unspecified atom stereocenters. The van der Waals surface area contributed by atoms with Gasteiger partial charge in [0.2, 0.25) is 0 Å². The zero-order valence-electron chi connectivity index (χ0n) is 9.55. The van der Waals surface area contributed by atoms with Gasteiger partial charge in [0.05, 0.1) is 11.6 Å². The number of likely N-dealkylation sites (N-methyl/N-ethyl adjacent to an activating group) is 1. The fourth-order valence-electron chi connectivity index (χ4n) is 1.21. The summed E-state index contributed by atoms with van der Waals surface area (Å²) in [6, 6.07) is 5.60. The molecule has 0 fully saturated rings. The van der Waals surface area contributed by atoms with E-state index in [2.05, 4.69) is 27.8 Å². The minimum absolute atomic E-state index is 0.506. The molecule has 0 amide bonds. The Balaban J connectivity index is 2.57. The minimum Gasteiger partial charge on any atom is -0.497 e. The summed E-state index contributed by atoms with van der Waals surface area (Å²) in [5.41, 5.74) is 1.00. The maximum Gasteiger partial charge on any atom is 0.134 e. The Hall–Kier alpha value is -1.00. The average Bonchev–Trinajstić information content (AvgIpc) is 2.27. The van der Waals surface area contributed by atoms with Gasteiger partial charge in [0.1, 0.15) is 18.1 Å². The Labute approximate surface area is 105 Å². The molecule has 0 heterocycles. The number of nitrogens with one attached hydrogen (secondary N) is 1. The summed E-state index contributed by atoms with van der Waals surface area (Å²) in [6.45, 7) is 5.16. The van der Waals surface area contributed by atoms with Crippen molar-refractivity contribution in [2.75, 3.05) is 27.3 Å². The van der Waals surface area contributed by atoms with E-state index in [9.17, 15) is 0 Å². The summed E-state index contributed by atoms with van der Waals surface area (Å²) in [6.07, 6.45) is 0. The minimum atomic E-state index is 0.506. The van der Waals surface area contributed by atoms with E-state index in [0.29, 0.717) is 6.61 Å². The Kier molecular flexibility index (Phi) is 5.35. The van der Waals surface area contributed by atoms with Crippen molar-refractivity contribution in [3.8, 4) is 11.5 Å². The van der Waals surface area contributed by atoms with Crippen molar-refractivity contribution >= 4 is 15.9 Å². The molecule has 1 N–H and O–H groups in total. The average molecular weight is 286 g/mol. The highest BCUT2D eigenvalue weighted by Crippen LogP contribution is 2.29. The van der Waals surface area contributed by atoms with Gasteiger partial charge in [-0.15, -0.1) is 0 Å². The number of hydrogen-bond acceptors (Lipinski definition) is 3. The van der Waals surface area contributed by atoms with E-state index in [4.69, 9.17) is 9.47 Å². The quantitative estimate of drug-likeness (QED) is 0.815. The molecular weight excluding hydrogens is 270 g/mol. The molecule has 0 aliphatic heterocycles. The molecule has 0 saturated heterocycles. The van der Waals surface area contributed by atoms with Crippen LogP contribution in [-0.2, 0) is 0 Å². The van der Waals surface area contributed by atoms with Crippen molar-refractivity contribution in [3.63, 3.8) is 0 Å². The van der Waals surface area contributed by atoms with Crippen molar-refractivity contribution in [2.24, 2.45) is 0 Å². The Morgan fingerprint density at radius 1 is 1.50 bits per heavy atom. The lowest BCUT2D eigenvalue weighted by Gasteiger charge is -2.10. The van der Waals surface area contributed by atoms with Crippen LogP contribution >= 0.6 is 15.9 Å². The first-order chi connectivity index (χ1) is 7.67. The predicted octanol–water partition coefficient (Wildman–Crippen LogP) is 2.61. The Morgan fingerprint density at radius 2 is 2.25 bits per heavy atom. The monoisotopic (exact) mass is 285 g/mol. The summed E-state index contributed by atoms with van der Waals surface area (Å²) in [5, 5.41) is 3.03. The van der Waals surface area contributed by atoms with Gasteiger partial charge in [0.25, 0.3) is 0 Å². The third kappa shape index (κ3) is 3.87. The molecule has 3 nitrogen and oxygen atoms in total. The molecular formula is C12H16BrNO2. The van der Waals surface area contributed by atoms with E-state index in [-0.39, 0.29) is 0 Å². The summed E-state index contributed by atoms with van der Waals surface area (Å²) in [4.78, 5) is 0. The topological polar surface area (TPSA) is 30.5 Å². The van der Waals surface area contributed by atoms with Crippen molar-refractivity contribution in [1.82, 2.24) is 5.32 Å². The number of hydrogen-bond donors (Lipinski definition) is 1. The molecule has 1 rings (SSSR count). The van der Waals surface area contributed by atoms with Gasteiger partial charge in [-0.1, -0.05) is 6.58 Å². The third-order valence-electron chi connectivity index (χ3n) is 2.00. The highest BCUT2D eigenvalue weighted by molar-refractivity contribution is 9.10. The van der Waals surface area contributed by atoms with Gasteiger partial charge in [-0.3, -0.25) is 0 Å². The van der Waals surface area contributed by atoms with Crippen LogP contribution in [0.4, 0.5) is 0 Å². The van der Waals surface area contributed by atoms with Crippen molar-refractivity contribution in [3.05, 3.63) is 34.8 Å². The summed E-state index contributed by atoms with van der Waals surface area (Å²) in [5.74, 6) is 1.59. The lowest BCUT2D eigenvalue weighted by atomic mass is 10.3. The molecule has 1 aromatic carbocycles.